The Hall–Kier alpha value is -0.900. The molecule has 1 nitrogen and oxygen atoms in total. The van der Waals surface area contributed by atoms with E-state index in [1.165, 1.54) is 6.07 Å². The Bertz CT molecular complexity index is 557. The highest BCUT2D eigenvalue weighted by Gasteiger charge is 2.13. The van der Waals surface area contributed by atoms with Crippen LogP contribution in [0.4, 0.5) is 4.39 Å². The maximum atomic E-state index is 13.8. The van der Waals surface area contributed by atoms with Crippen LogP contribution < -0.4 is 5.32 Å². The van der Waals surface area contributed by atoms with E-state index in [1.54, 1.807) is 6.07 Å². The van der Waals surface area contributed by atoms with Crippen LogP contribution in [0.15, 0.2) is 46.9 Å². The average molecular weight is 343 g/mol. The third-order valence-electron chi connectivity index (χ3n) is 3.05. The molecule has 0 fully saturated rings. The fourth-order valence-electron chi connectivity index (χ4n) is 2.00. The fraction of sp³-hybridized carbons (Fsp3) is 0.200. The van der Waals surface area contributed by atoms with Crippen LogP contribution in [0.3, 0.4) is 0 Å². The number of rotatable bonds is 4. The van der Waals surface area contributed by atoms with E-state index in [2.05, 4.69) is 21.2 Å². The zero-order chi connectivity index (χ0) is 13.8. The molecule has 0 amide bonds. The minimum absolute atomic E-state index is 0.0565. The summed E-state index contributed by atoms with van der Waals surface area (Å²) in [5.74, 6) is -0.183. The summed E-state index contributed by atoms with van der Waals surface area (Å²) in [6.07, 6.45) is 0.587. The van der Waals surface area contributed by atoms with Crippen LogP contribution in [0, 0.1) is 5.82 Å². The molecule has 0 aromatic heterocycles. The lowest BCUT2D eigenvalue weighted by molar-refractivity contribution is 0.554. The molecular formula is C15H14BrClFN. The predicted molar refractivity (Wildman–Crippen MR) is 81.1 cm³/mol. The molecule has 100 valence electrons. The first-order valence-electron chi connectivity index (χ1n) is 5.97. The summed E-state index contributed by atoms with van der Waals surface area (Å²) in [7, 11) is 1.87. The topological polar surface area (TPSA) is 12.0 Å². The zero-order valence-electron chi connectivity index (χ0n) is 10.5. The van der Waals surface area contributed by atoms with Crippen LogP contribution >= 0.6 is 27.5 Å². The Balaban J connectivity index is 2.23. The molecule has 0 saturated carbocycles. The molecule has 0 aliphatic rings. The van der Waals surface area contributed by atoms with Crippen LogP contribution in [0.2, 0.25) is 5.02 Å². The van der Waals surface area contributed by atoms with Gasteiger partial charge in [0.15, 0.2) is 0 Å². The van der Waals surface area contributed by atoms with Crippen LogP contribution in [-0.4, -0.2) is 7.05 Å². The Kier molecular flexibility index (Phi) is 4.97. The van der Waals surface area contributed by atoms with Gasteiger partial charge in [-0.3, -0.25) is 0 Å². The minimum Gasteiger partial charge on any atom is -0.313 e. The second-order valence-corrected chi connectivity index (χ2v) is 5.68. The van der Waals surface area contributed by atoms with E-state index in [1.807, 2.05) is 37.4 Å². The molecule has 0 aliphatic heterocycles. The van der Waals surface area contributed by atoms with Gasteiger partial charge in [-0.05, 0) is 54.9 Å². The van der Waals surface area contributed by atoms with Crippen molar-refractivity contribution in [2.75, 3.05) is 7.05 Å². The smallest absolute Gasteiger partial charge is 0.126 e. The van der Waals surface area contributed by atoms with Crippen molar-refractivity contribution in [3.05, 3.63) is 68.9 Å². The summed E-state index contributed by atoms with van der Waals surface area (Å²) < 4.78 is 14.7. The van der Waals surface area contributed by atoms with E-state index in [4.69, 9.17) is 11.6 Å². The van der Waals surface area contributed by atoms with E-state index >= 15 is 0 Å². The van der Waals surface area contributed by atoms with Gasteiger partial charge in [0.25, 0.3) is 0 Å². The molecular weight excluding hydrogens is 329 g/mol. The quantitative estimate of drug-likeness (QED) is 0.846. The van der Waals surface area contributed by atoms with Gasteiger partial charge in [-0.1, -0.05) is 39.7 Å². The standard InChI is InChI=1S/C15H14BrClFN/c1-19-15(10-2-5-13(17)6-3-10)9-11-8-12(16)4-7-14(11)18/h2-8,15,19H,9H2,1H3. The van der Waals surface area contributed by atoms with E-state index in [0.717, 1.165) is 10.0 Å². The second-order valence-electron chi connectivity index (χ2n) is 4.33. The first kappa shape index (κ1) is 14.5. The molecule has 0 heterocycles. The summed E-state index contributed by atoms with van der Waals surface area (Å²) in [4.78, 5) is 0. The van der Waals surface area contributed by atoms with Gasteiger partial charge >= 0.3 is 0 Å². The van der Waals surface area contributed by atoms with Crippen molar-refractivity contribution in [2.45, 2.75) is 12.5 Å². The van der Waals surface area contributed by atoms with E-state index < -0.39 is 0 Å². The highest BCUT2D eigenvalue weighted by Crippen LogP contribution is 2.23. The van der Waals surface area contributed by atoms with Gasteiger partial charge in [0.05, 0.1) is 0 Å². The molecule has 2 rings (SSSR count). The minimum atomic E-state index is -0.183. The highest BCUT2D eigenvalue weighted by molar-refractivity contribution is 9.10. The van der Waals surface area contributed by atoms with Crippen molar-refractivity contribution >= 4 is 27.5 Å². The van der Waals surface area contributed by atoms with Crippen LogP contribution in [0.5, 0.6) is 0 Å². The molecule has 19 heavy (non-hydrogen) atoms. The third kappa shape index (κ3) is 3.78. The molecule has 1 atom stereocenters. The van der Waals surface area contributed by atoms with Crippen molar-refractivity contribution in [3.63, 3.8) is 0 Å². The summed E-state index contributed by atoms with van der Waals surface area (Å²) >= 11 is 9.25. The molecule has 0 aliphatic carbocycles. The van der Waals surface area contributed by atoms with Crippen LogP contribution in [-0.2, 0) is 6.42 Å². The van der Waals surface area contributed by atoms with Crippen molar-refractivity contribution in [3.8, 4) is 0 Å². The van der Waals surface area contributed by atoms with E-state index in [9.17, 15) is 4.39 Å². The molecule has 0 bridgehead atoms. The molecule has 2 aromatic carbocycles. The summed E-state index contributed by atoms with van der Waals surface area (Å²) in [6.45, 7) is 0. The van der Waals surface area contributed by atoms with Gasteiger partial charge in [0, 0.05) is 15.5 Å². The number of likely N-dealkylation sites (N-methyl/N-ethyl adjacent to an activating group) is 1. The molecule has 0 saturated heterocycles. The Morgan fingerprint density at radius 1 is 1.21 bits per heavy atom. The van der Waals surface area contributed by atoms with E-state index in [-0.39, 0.29) is 11.9 Å². The van der Waals surface area contributed by atoms with E-state index in [0.29, 0.717) is 17.0 Å². The molecule has 1 unspecified atom stereocenters. The number of halogens is 3. The van der Waals surface area contributed by atoms with Gasteiger partial charge in [-0.15, -0.1) is 0 Å². The van der Waals surface area contributed by atoms with Crippen molar-refractivity contribution in [1.82, 2.24) is 5.32 Å². The average Bonchev–Trinajstić information content (AvgIpc) is 2.41. The summed E-state index contributed by atoms with van der Waals surface area (Å²) in [5, 5.41) is 3.91. The first-order chi connectivity index (χ1) is 9.10. The lowest BCUT2D eigenvalue weighted by Gasteiger charge is -2.17. The lowest BCUT2D eigenvalue weighted by atomic mass is 9.99. The van der Waals surface area contributed by atoms with Crippen molar-refractivity contribution in [2.24, 2.45) is 0 Å². The van der Waals surface area contributed by atoms with Crippen molar-refractivity contribution < 1.29 is 4.39 Å². The Labute approximate surface area is 125 Å². The molecule has 1 N–H and O–H groups in total. The maximum absolute atomic E-state index is 13.8. The fourth-order valence-corrected chi connectivity index (χ4v) is 2.54. The van der Waals surface area contributed by atoms with Gasteiger partial charge in [0.1, 0.15) is 5.82 Å². The van der Waals surface area contributed by atoms with Gasteiger partial charge in [-0.25, -0.2) is 4.39 Å². The molecule has 4 heteroatoms. The molecule has 2 aromatic rings. The molecule has 0 radical (unpaired) electrons. The van der Waals surface area contributed by atoms with Gasteiger partial charge in [-0.2, -0.15) is 0 Å². The SMILES string of the molecule is CNC(Cc1cc(Br)ccc1F)c1ccc(Cl)cc1. The number of benzene rings is 2. The van der Waals surface area contributed by atoms with Crippen LogP contribution in [0.25, 0.3) is 0 Å². The number of nitrogens with one attached hydrogen (secondary N) is 1. The highest BCUT2D eigenvalue weighted by atomic mass is 79.9. The molecule has 0 spiro atoms. The number of hydrogen-bond donors (Lipinski definition) is 1. The second kappa shape index (κ2) is 6.51. The maximum Gasteiger partial charge on any atom is 0.126 e. The monoisotopic (exact) mass is 341 g/mol. The Morgan fingerprint density at radius 2 is 1.89 bits per heavy atom. The first-order valence-corrected chi connectivity index (χ1v) is 7.14. The van der Waals surface area contributed by atoms with Crippen molar-refractivity contribution in [1.29, 1.82) is 0 Å². The predicted octanol–water partition coefficient (Wildman–Crippen LogP) is 4.74. The largest absolute Gasteiger partial charge is 0.313 e. The number of hydrogen-bond acceptors (Lipinski definition) is 1. The summed E-state index contributed by atoms with van der Waals surface area (Å²) in [6, 6.07) is 12.7. The van der Waals surface area contributed by atoms with Crippen LogP contribution in [0.1, 0.15) is 17.2 Å². The Morgan fingerprint density at radius 3 is 2.53 bits per heavy atom. The van der Waals surface area contributed by atoms with Gasteiger partial charge in [0.2, 0.25) is 0 Å². The third-order valence-corrected chi connectivity index (χ3v) is 3.80. The normalized spacial score (nSPS) is 12.4. The summed E-state index contributed by atoms with van der Waals surface area (Å²) in [5.41, 5.74) is 1.77. The lowest BCUT2D eigenvalue weighted by Crippen LogP contribution is -2.19. The van der Waals surface area contributed by atoms with Gasteiger partial charge < -0.3 is 5.32 Å². The zero-order valence-corrected chi connectivity index (χ0v) is 12.8.